The lowest BCUT2D eigenvalue weighted by Crippen LogP contribution is -2.27. The Kier molecular flexibility index (Phi) is 5.84. The number of hydrogen-bond acceptors (Lipinski definition) is 4. The van der Waals surface area contributed by atoms with Crippen LogP contribution in [0.3, 0.4) is 0 Å². The van der Waals surface area contributed by atoms with Crippen LogP contribution in [-0.4, -0.2) is 22.5 Å². The number of amides is 1. The van der Waals surface area contributed by atoms with Crippen molar-refractivity contribution in [2.45, 2.75) is 19.6 Å². The van der Waals surface area contributed by atoms with E-state index in [0.29, 0.717) is 22.3 Å². The maximum atomic E-state index is 13.2. The highest BCUT2D eigenvalue weighted by Gasteiger charge is 2.17. The Labute approximate surface area is 177 Å². The van der Waals surface area contributed by atoms with Gasteiger partial charge in [-0.25, -0.2) is 4.98 Å². The molecule has 0 aliphatic heterocycles. The van der Waals surface area contributed by atoms with Gasteiger partial charge in [0.15, 0.2) is 0 Å². The fraction of sp³-hybridized carbons (Fsp3) is 0.125. The van der Waals surface area contributed by atoms with Crippen molar-refractivity contribution in [2.24, 2.45) is 0 Å². The van der Waals surface area contributed by atoms with Gasteiger partial charge in [-0.3, -0.25) is 9.78 Å². The van der Waals surface area contributed by atoms with E-state index < -0.39 is 12.7 Å². The second-order valence-corrected chi connectivity index (χ2v) is 6.96. The van der Waals surface area contributed by atoms with Crippen LogP contribution in [0.5, 0.6) is 5.75 Å². The summed E-state index contributed by atoms with van der Waals surface area (Å²) < 4.78 is 29.5. The number of nitrogens with one attached hydrogen (secondary N) is 1. The third kappa shape index (κ3) is 4.66. The molecule has 31 heavy (non-hydrogen) atoms. The highest BCUT2D eigenvalue weighted by Crippen LogP contribution is 2.26. The molecular formula is C24H19F2N3O2. The summed E-state index contributed by atoms with van der Waals surface area (Å²) in [4.78, 5) is 22.0. The molecule has 156 valence electrons. The molecule has 0 radical (unpaired) electrons. The van der Waals surface area contributed by atoms with Crippen LogP contribution in [0.4, 0.5) is 8.78 Å². The van der Waals surface area contributed by atoms with E-state index in [2.05, 4.69) is 20.0 Å². The molecule has 4 aromatic rings. The summed E-state index contributed by atoms with van der Waals surface area (Å²) in [6.07, 6.45) is 3.36. The number of benzene rings is 2. The first-order chi connectivity index (χ1) is 15.0. The lowest BCUT2D eigenvalue weighted by atomic mass is 10.0. The molecule has 0 bridgehead atoms. The van der Waals surface area contributed by atoms with E-state index in [0.717, 1.165) is 10.9 Å². The van der Waals surface area contributed by atoms with Crippen molar-refractivity contribution in [3.8, 4) is 17.0 Å². The molecule has 2 aromatic heterocycles. The van der Waals surface area contributed by atoms with Gasteiger partial charge in [0.05, 0.1) is 22.8 Å². The highest BCUT2D eigenvalue weighted by molar-refractivity contribution is 6.07. The summed E-state index contributed by atoms with van der Waals surface area (Å²) in [7, 11) is 0. The smallest absolute Gasteiger partial charge is 0.387 e. The van der Waals surface area contributed by atoms with Crippen LogP contribution < -0.4 is 10.1 Å². The summed E-state index contributed by atoms with van der Waals surface area (Å²) in [5.41, 5.74) is 3.24. The van der Waals surface area contributed by atoms with Crippen LogP contribution in [0.1, 0.15) is 28.9 Å². The summed E-state index contributed by atoms with van der Waals surface area (Å²) in [5.74, 6) is -0.252. The van der Waals surface area contributed by atoms with Gasteiger partial charge in [-0.15, -0.1) is 0 Å². The van der Waals surface area contributed by atoms with E-state index in [-0.39, 0.29) is 11.7 Å². The van der Waals surface area contributed by atoms with Gasteiger partial charge in [-0.05, 0) is 48.9 Å². The number of hydrogen-bond donors (Lipinski definition) is 1. The van der Waals surface area contributed by atoms with Crippen molar-refractivity contribution in [3.05, 3.63) is 90.3 Å². The normalized spacial score (nSPS) is 12.0. The first kappa shape index (κ1) is 20.4. The monoisotopic (exact) mass is 419 g/mol. The van der Waals surface area contributed by atoms with Gasteiger partial charge in [0.2, 0.25) is 0 Å². The fourth-order valence-corrected chi connectivity index (χ4v) is 3.34. The number of alkyl halides is 2. The van der Waals surface area contributed by atoms with Crippen molar-refractivity contribution < 1.29 is 18.3 Å². The summed E-state index contributed by atoms with van der Waals surface area (Å²) in [6.45, 7) is -1.13. The van der Waals surface area contributed by atoms with Crippen molar-refractivity contribution in [3.63, 3.8) is 0 Å². The zero-order chi connectivity index (χ0) is 21.8. The second kappa shape index (κ2) is 8.87. The van der Waals surface area contributed by atoms with Gasteiger partial charge in [-0.1, -0.05) is 30.3 Å². The zero-order valence-corrected chi connectivity index (χ0v) is 16.6. The minimum atomic E-state index is -2.91. The Morgan fingerprint density at radius 1 is 1.03 bits per heavy atom. The molecule has 2 aromatic carbocycles. The van der Waals surface area contributed by atoms with Crippen molar-refractivity contribution in [2.75, 3.05) is 0 Å². The molecular weight excluding hydrogens is 400 g/mol. The van der Waals surface area contributed by atoms with Crippen LogP contribution in [0.25, 0.3) is 22.2 Å². The number of halogens is 2. The van der Waals surface area contributed by atoms with Crippen LogP contribution in [0.2, 0.25) is 0 Å². The second-order valence-electron chi connectivity index (χ2n) is 6.96. The first-order valence-corrected chi connectivity index (χ1v) is 9.67. The van der Waals surface area contributed by atoms with E-state index in [9.17, 15) is 13.6 Å². The largest absolute Gasteiger partial charge is 0.435 e. The number of pyridine rings is 2. The number of aromatic nitrogens is 2. The number of nitrogens with zero attached hydrogens (tertiary/aromatic N) is 2. The first-order valence-electron chi connectivity index (χ1n) is 9.67. The molecule has 0 aliphatic rings. The molecule has 1 unspecified atom stereocenters. The Balaban J connectivity index is 1.66. The Bertz CT molecular complexity index is 1220. The highest BCUT2D eigenvalue weighted by atomic mass is 19.3. The van der Waals surface area contributed by atoms with Gasteiger partial charge in [0.1, 0.15) is 5.75 Å². The molecule has 1 atom stereocenters. The van der Waals surface area contributed by atoms with Gasteiger partial charge < -0.3 is 10.1 Å². The van der Waals surface area contributed by atoms with Crippen LogP contribution in [-0.2, 0) is 0 Å². The molecule has 4 rings (SSSR count). The van der Waals surface area contributed by atoms with Crippen LogP contribution in [0.15, 0.2) is 79.1 Å². The Morgan fingerprint density at radius 3 is 2.65 bits per heavy atom. The molecule has 0 saturated carbocycles. The third-order valence-electron chi connectivity index (χ3n) is 4.85. The number of ether oxygens (including phenoxy) is 1. The minimum absolute atomic E-state index is 0.0434. The Morgan fingerprint density at radius 2 is 1.87 bits per heavy atom. The van der Waals surface area contributed by atoms with Gasteiger partial charge in [-0.2, -0.15) is 8.78 Å². The van der Waals surface area contributed by atoms with Crippen LogP contribution in [0, 0.1) is 0 Å². The van der Waals surface area contributed by atoms with E-state index in [1.54, 1.807) is 37.5 Å². The third-order valence-corrected chi connectivity index (χ3v) is 4.85. The number of carbonyl (C=O) groups excluding carboxylic acids is 1. The molecule has 0 saturated heterocycles. The van der Waals surface area contributed by atoms with E-state index >= 15 is 0 Å². The number of rotatable bonds is 6. The molecule has 0 fully saturated rings. The minimum Gasteiger partial charge on any atom is -0.435 e. The molecule has 7 heteroatoms. The summed E-state index contributed by atoms with van der Waals surface area (Å²) >= 11 is 0. The predicted octanol–water partition coefficient (Wildman–Crippen LogP) is 5.39. The number of para-hydroxylation sites is 1. The molecule has 2 heterocycles. The predicted molar refractivity (Wildman–Crippen MR) is 114 cm³/mol. The molecule has 5 nitrogen and oxygen atoms in total. The lowest BCUT2D eigenvalue weighted by Gasteiger charge is -2.17. The summed E-state index contributed by atoms with van der Waals surface area (Å²) in [5, 5.41) is 3.66. The average molecular weight is 419 g/mol. The number of fused-ring (bicyclic) bond motifs is 1. The number of carbonyl (C=O) groups is 1. The van der Waals surface area contributed by atoms with Crippen molar-refractivity contribution in [1.82, 2.24) is 15.3 Å². The average Bonchev–Trinajstić information content (AvgIpc) is 2.78. The quantitative estimate of drug-likeness (QED) is 0.455. The van der Waals surface area contributed by atoms with Gasteiger partial charge >= 0.3 is 6.61 Å². The molecule has 1 N–H and O–H groups in total. The Hall–Kier alpha value is -3.87. The maximum Gasteiger partial charge on any atom is 0.387 e. The lowest BCUT2D eigenvalue weighted by molar-refractivity contribution is -0.0499. The molecule has 1 amide bonds. The van der Waals surface area contributed by atoms with E-state index in [4.69, 9.17) is 0 Å². The van der Waals surface area contributed by atoms with Gasteiger partial charge in [0.25, 0.3) is 5.91 Å². The zero-order valence-electron chi connectivity index (χ0n) is 16.6. The van der Waals surface area contributed by atoms with E-state index in [1.165, 1.54) is 12.1 Å². The van der Waals surface area contributed by atoms with Crippen molar-refractivity contribution in [1.29, 1.82) is 0 Å². The van der Waals surface area contributed by atoms with Gasteiger partial charge in [0, 0.05) is 23.3 Å². The topological polar surface area (TPSA) is 64.1 Å². The summed E-state index contributed by atoms with van der Waals surface area (Å²) in [6, 6.07) is 18.7. The molecule has 0 spiro atoms. The van der Waals surface area contributed by atoms with E-state index in [1.807, 2.05) is 36.4 Å². The standard InChI is InChI=1S/C24H19F2N3O2/c1-15(16-6-4-8-18(12-16)31-24(25)26)28-23(30)20-13-22(17-7-5-11-27-14-17)29-21-10-3-2-9-19(20)21/h2-15,24H,1H3,(H,28,30). The van der Waals surface area contributed by atoms with Crippen molar-refractivity contribution >= 4 is 16.8 Å². The fourth-order valence-electron chi connectivity index (χ4n) is 3.34. The molecule has 0 aliphatic carbocycles. The van der Waals surface area contributed by atoms with Crippen LogP contribution >= 0.6 is 0 Å². The maximum absolute atomic E-state index is 13.2. The SMILES string of the molecule is CC(NC(=O)c1cc(-c2cccnc2)nc2ccccc12)c1cccc(OC(F)F)c1.